The van der Waals surface area contributed by atoms with Gasteiger partial charge in [0.25, 0.3) is 0 Å². The molecule has 0 bridgehead atoms. The van der Waals surface area contributed by atoms with Crippen LogP contribution in [-0.4, -0.2) is 27.4 Å². The molecule has 0 saturated carbocycles. The zero-order valence-electron chi connectivity index (χ0n) is 13.8. The highest BCUT2D eigenvalue weighted by atomic mass is 35.5. The first kappa shape index (κ1) is 18.4. The summed E-state index contributed by atoms with van der Waals surface area (Å²) < 4.78 is 41.0. The Morgan fingerprint density at radius 3 is 2.59 bits per heavy atom. The molecule has 1 N–H and O–H groups in total. The van der Waals surface area contributed by atoms with E-state index in [1.807, 2.05) is 4.90 Å². The van der Waals surface area contributed by atoms with Crippen molar-refractivity contribution in [3.05, 3.63) is 52.0 Å². The topological polar surface area (TPSA) is 41.3 Å². The number of alkyl halides is 3. The zero-order valence-corrected chi connectivity index (χ0v) is 15.4. The van der Waals surface area contributed by atoms with Gasteiger partial charge in [0.15, 0.2) is 6.10 Å². The molecule has 1 atom stereocenters. The summed E-state index contributed by atoms with van der Waals surface area (Å²) in [6.07, 6.45) is -6.64. The third kappa shape index (κ3) is 3.13. The molecule has 2 aromatic carbocycles. The summed E-state index contributed by atoms with van der Waals surface area (Å²) in [4.78, 5) is 6.37. The molecule has 0 spiro atoms. The fourth-order valence-corrected chi connectivity index (χ4v) is 3.94. The smallest absolute Gasteiger partial charge is 0.379 e. The number of anilines is 2. The van der Waals surface area contributed by atoms with Gasteiger partial charge in [0, 0.05) is 23.7 Å². The largest absolute Gasteiger partial charge is 0.418 e. The van der Waals surface area contributed by atoms with Gasteiger partial charge in [-0.2, -0.15) is 13.2 Å². The van der Waals surface area contributed by atoms with E-state index in [4.69, 9.17) is 23.2 Å². The Hall–Kier alpha value is -1.96. The molecule has 27 heavy (non-hydrogen) atoms. The molecular weight excluding hydrogens is 402 g/mol. The average molecular weight is 416 g/mol. The number of aromatic nitrogens is 2. The van der Waals surface area contributed by atoms with Crippen LogP contribution in [0.3, 0.4) is 0 Å². The zero-order chi connectivity index (χ0) is 19.3. The predicted molar refractivity (Wildman–Crippen MR) is 98.8 cm³/mol. The van der Waals surface area contributed by atoms with E-state index < -0.39 is 12.3 Å². The van der Waals surface area contributed by atoms with Gasteiger partial charge in [-0.3, -0.25) is 0 Å². The number of fused-ring (bicyclic) bond motifs is 3. The highest BCUT2D eigenvalue weighted by molar-refractivity contribution is 6.36. The Labute approximate surface area is 162 Å². The van der Waals surface area contributed by atoms with E-state index in [-0.39, 0.29) is 11.1 Å². The van der Waals surface area contributed by atoms with Crippen LogP contribution in [-0.2, 0) is 6.54 Å². The Balaban J connectivity index is 1.90. The predicted octanol–water partition coefficient (Wildman–Crippen LogP) is 5.48. The second-order valence-corrected chi connectivity index (χ2v) is 7.17. The number of hydrogen-bond donors (Lipinski definition) is 1. The summed E-state index contributed by atoms with van der Waals surface area (Å²) >= 11 is 12.3. The summed E-state index contributed by atoms with van der Waals surface area (Å²) in [5.41, 5.74) is 1.15. The van der Waals surface area contributed by atoms with Gasteiger partial charge in [0.05, 0.1) is 21.7 Å². The lowest BCUT2D eigenvalue weighted by molar-refractivity contribution is -0.206. The highest BCUT2D eigenvalue weighted by Gasteiger charge is 2.41. The maximum atomic E-state index is 13.1. The van der Waals surface area contributed by atoms with Crippen LogP contribution in [0.5, 0.6) is 0 Å². The molecule has 1 aliphatic rings. The Kier molecular flexibility index (Phi) is 4.49. The Morgan fingerprint density at radius 1 is 1.11 bits per heavy atom. The van der Waals surface area contributed by atoms with Crippen molar-refractivity contribution >= 4 is 45.9 Å². The van der Waals surface area contributed by atoms with E-state index in [2.05, 4.69) is 4.98 Å². The van der Waals surface area contributed by atoms with Crippen molar-refractivity contribution < 1.29 is 18.3 Å². The summed E-state index contributed by atoms with van der Waals surface area (Å²) in [5.74, 6) is 0.488. The van der Waals surface area contributed by atoms with Gasteiger partial charge < -0.3 is 14.6 Å². The van der Waals surface area contributed by atoms with E-state index >= 15 is 0 Å². The number of aryl methyl sites for hydroxylation is 1. The van der Waals surface area contributed by atoms with E-state index in [0.717, 1.165) is 0 Å². The first-order valence-electron chi connectivity index (χ1n) is 8.24. The highest BCUT2D eigenvalue weighted by Crippen LogP contribution is 2.41. The minimum atomic E-state index is -4.76. The van der Waals surface area contributed by atoms with Gasteiger partial charge in [-0.15, -0.1) is 0 Å². The fourth-order valence-electron chi connectivity index (χ4n) is 3.43. The maximum Gasteiger partial charge on any atom is 0.418 e. The average Bonchev–Trinajstić information content (AvgIpc) is 2.99. The number of benzene rings is 2. The second-order valence-electron chi connectivity index (χ2n) is 6.32. The van der Waals surface area contributed by atoms with Crippen LogP contribution in [0, 0.1) is 0 Å². The van der Waals surface area contributed by atoms with E-state index in [1.54, 1.807) is 28.8 Å². The summed E-state index contributed by atoms with van der Waals surface area (Å²) in [7, 11) is 0. The van der Waals surface area contributed by atoms with E-state index in [9.17, 15) is 18.3 Å². The van der Waals surface area contributed by atoms with Gasteiger partial charge in [0.2, 0.25) is 5.95 Å². The van der Waals surface area contributed by atoms with Crippen LogP contribution >= 0.6 is 23.2 Å². The monoisotopic (exact) mass is 415 g/mol. The number of para-hydroxylation sites is 1. The molecule has 142 valence electrons. The molecule has 1 aliphatic heterocycles. The first-order chi connectivity index (χ1) is 12.8. The van der Waals surface area contributed by atoms with Crippen LogP contribution in [0.15, 0.2) is 36.4 Å². The van der Waals surface area contributed by atoms with E-state index in [0.29, 0.717) is 46.7 Å². The minimum Gasteiger partial charge on any atom is -0.379 e. The molecule has 0 saturated heterocycles. The standard InChI is InChI=1S/C18H14Cl2F3N3O/c19-10-5-6-14(12(20)9-10)25-7-2-8-26-15-11(16(27)18(21,22)23)3-1-4-13(15)24-17(25)26/h1,3-6,9,16,27H,2,7-8H2. The van der Waals surface area contributed by atoms with Gasteiger partial charge in [-0.05, 0) is 30.7 Å². The Morgan fingerprint density at radius 2 is 1.89 bits per heavy atom. The number of hydrogen-bond acceptors (Lipinski definition) is 3. The summed E-state index contributed by atoms with van der Waals surface area (Å²) in [6.45, 7) is 1.11. The number of halogens is 5. The lowest BCUT2D eigenvalue weighted by Crippen LogP contribution is -2.29. The van der Waals surface area contributed by atoms with Crippen LogP contribution < -0.4 is 4.90 Å². The third-order valence-corrected chi connectivity index (χ3v) is 5.13. The molecule has 2 heterocycles. The Bertz CT molecular complexity index is 1020. The molecule has 0 radical (unpaired) electrons. The molecule has 4 rings (SSSR count). The maximum absolute atomic E-state index is 13.1. The van der Waals surface area contributed by atoms with Gasteiger partial charge >= 0.3 is 6.18 Å². The van der Waals surface area contributed by atoms with Crippen molar-refractivity contribution in [2.24, 2.45) is 0 Å². The number of aliphatic hydroxyl groups excluding tert-OH is 1. The normalized spacial score (nSPS) is 15.9. The van der Waals surface area contributed by atoms with Crippen LogP contribution in [0.1, 0.15) is 18.1 Å². The van der Waals surface area contributed by atoms with Crippen LogP contribution in [0.4, 0.5) is 24.8 Å². The number of rotatable bonds is 2. The molecule has 3 aromatic rings. The van der Waals surface area contributed by atoms with Crippen LogP contribution in [0.25, 0.3) is 11.0 Å². The lowest BCUT2D eigenvalue weighted by Gasteiger charge is -2.30. The van der Waals surface area contributed by atoms with Gasteiger partial charge in [-0.25, -0.2) is 4.98 Å². The molecule has 4 nitrogen and oxygen atoms in total. The second kappa shape index (κ2) is 6.58. The third-order valence-electron chi connectivity index (χ3n) is 4.59. The number of imidazole rings is 1. The molecule has 1 aromatic heterocycles. The summed E-state index contributed by atoms with van der Waals surface area (Å²) in [6, 6.07) is 9.44. The van der Waals surface area contributed by atoms with Crippen molar-refractivity contribution in [2.45, 2.75) is 25.2 Å². The van der Waals surface area contributed by atoms with Crippen molar-refractivity contribution in [1.29, 1.82) is 0 Å². The SMILES string of the molecule is OC(c1cccc2nc3n(c12)CCCN3c1ccc(Cl)cc1Cl)C(F)(F)F. The lowest BCUT2D eigenvalue weighted by atomic mass is 10.1. The molecule has 9 heteroatoms. The quantitative estimate of drug-likeness (QED) is 0.602. The van der Waals surface area contributed by atoms with E-state index in [1.165, 1.54) is 12.1 Å². The van der Waals surface area contributed by atoms with Crippen molar-refractivity contribution in [2.75, 3.05) is 11.4 Å². The van der Waals surface area contributed by atoms with Crippen molar-refractivity contribution in [3.8, 4) is 0 Å². The molecule has 1 unspecified atom stereocenters. The summed E-state index contributed by atoms with van der Waals surface area (Å²) in [5, 5.41) is 10.7. The van der Waals surface area contributed by atoms with Gasteiger partial charge in [0.1, 0.15) is 0 Å². The van der Waals surface area contributed by atoms with Crippen molar-refractivity contribution in [3.63, 3.8) is 0 Å². The minimum absolute atomic E-state index is 0.206. The van der Waals surface area contributed by atoms with Gasteiger partial charge in [-0.1, -0.05) is 35.3 Å². The molecule has 0 amide bonds. The first-order valence-corrected chi connectivity index (χ1v) is 8.99. The number of aliphatic hydroxyl groups is 1. The fraction of sp³-hybridized carbons (Fsp3) is 0.278. The molecular formula is C18H14Cl2F3N3O. The van der Waals surface area contributed by atoms with Crippen molar-refractivity contribution in [1.82, 2.24) is 9.55 Å². The molecule has 0 fully saturated rings. The number of nitrogens with zero attached hydrogens (tertiary/aromatic N) is 3. The molecule has 0 aliphatic carbocycles. The van der Waals surface area contributed by atoms with Crippen LogP contribution in [0.2, 0.25) is 10.0 Å².